The van der Waals surface area contributed by atoms with Crippen molar-refractivity contribution in [3.8, 4) is 0 Å². The number of aromatic carboxylic acids is 1. The molecular weight excluding hydrogens is 299 g/mol. The Hall–Kier alpha value is -1.51. The number of rotatable bonds is 3. The van der Waals surface area contributed by atoms with Gasteiger partial charge in [-0.3, -0.25) is 0 Å². The van der Waals surface area contributed by atoms with Crippen molar-refractivity contribution in [2.24, 2.45) is 5.73 Å². The highest BCUT2D eigenvalue weighted by Gasteiger charge is 2.30. The normalized spacial score (nSPS) is 20.4. The number of benzene rings is 1. The zero-order chi connectivity index (χ0) is 15.8. The Morgan fingerprint density at radius 3 is 2.71 bits per heavy atom. The van der Waals surface area contributed by atoms with E-state index in [2.05, 4.69) is 0 Å². The van der Waals surface area contributed by atoms with E-state index in [0.29, 0.717) is 13.0 Å². The number of carboxylic acids is 1. The number of halogens is 1. The summed E-state index contributed by atoms with van der Waals surface area (Å²) >= 11 is 0. The van der Waals surface area contributed by atoms with Crippen molar-refractivity contribution in [3.05, 3.63) is 29.1 Å². The SMILES string of the molecule is Cc1cc(S(=O)(=O)N2CCCC(N)C2)cc(C(=O)O)c1F. The fourth-order valence-electron chi connectivity index (χ4n) is 2.38. The number of piperidine rings is 1. The number of nitrogens with two attached hydrogens (primary N) is 1. The van der Waals surface area contributed by atoms with E-state index in [0.717, 1.165) is 18.6 Å². The Morgan fingerprint density at radius 2 is 2.14 bits per heavy atom. The van der Waals surface area contributed by atoms with Crippen molar-refractivity contribution < 1.29 is 22.7 Å². The summed E-state index contributed by atoms with van der Waals surface area (Å²) in [4.78, 5) is 10.8. The van der Waals surface area contributed by atoms with E-state index in [1.165, 1.54) is 11.2 Å². The van der Waals surface area contributed by atoms with E-state index in [1.54, 1.807) is 0 Å². The number of carboxylic acid groups (broad SMARTS) is 1. The summed E-state index contributed by atoms with van der Waals surface area (Å²) in [6, 6.07) is 1.77. The molecule has 0 aliphatic carbocycles. The lowest BCUT2D eigenvalue weighted by Gasteiger charge is -2.30. The maximum Gasteiger partial charge on any atom is 0.338 e. The van der Waals surface area contributed by atoms with Gasteiger partial charge in [0.05, 0.1) is 10.5 Å². The molecule has 1 unspecified atom stereocenters. The lowest BCUT2D eigenvalue weighted by Crippen LogP contribution is -2.45. The number of carbonyl (C=O) groups is 1. The summed E-state index contributed by atoms with van der Waals surface area (Å²) < 4.78 is 40.0. The van der Waals surface area contributed by atoms with Crippen LogP contribution in [0.2, 0.25) is 0 Å². The standard InChI is InChI=1S/C13H17FN2O4S/c1-8-5-10(6-11(12(8)14)13(17)18)21(19,20)16-4-2-3-9(15)7-16/h5-6,9H,2-4,7,15H2,1H3,(H,17,18). The molecule has 21 heavy (non-hydrogen) atoms. The summed E-state index contributed by atoms with van der Waals surface area (Å²) in [5, 5.41) is 8.96. The third-order valence-electron chi connectivity index (χ3n) is 3.52. The summed E-state index contributed by atoms with van der Waals surface area (Å²) in [5.41, 5.74) is 5.11. The second-order valence-electron chi connectivity index (χ2n) is 5.17. The number of sulfonamides is 1. The Balaban J connectivity index is 2.47. The Labute approximate surface area is 122 Å². The van der Waals surface area contributed by atoms with E-state index in [9.17, 15) is 17.6 Å². The first-order valence-electron chi connectivity index (χ1n) is 6.52. The van der Waals surface area contributed by atoms with E-state index >= 15 is 0 Å². The quantitative estimate of drug-likeness (QED) is 0.864. The van der Waals surface area contributed by atoms with Gasteiger partial charge >= 0.3 is 5.97 Å². The molecule has 2 rings (SSSR count). The lowest BCUT2D eigenvalue weighted by atomic mass is 10.1. The zero-order valence-electron chi connectivity index (χ0n) is 11.5. The second-order valence-corrected chi connectivity index (χ2v) is 7.11. The van der Waals surface area contributed by atoms with E-state index < -0.39 is 27.4 Å². The van der Waals surface area contributed by atoms with Crippen LogP contribution in [0.5, 0.6) is 0 Å². The Kier molecular flexibility index (Phi) is 4.31. The van der Waals surface area contributed by atoms with Crippen molar-refractivity contribution in [3.63, 3.8) is 0 Å². The van der Waals surface area contributed by atoms with Crippen LogP contribution < -0.4 is 5.73 Å². The molecule has 1 fully saturated rings. The molecule has 0 aromatic heterocycles. The van der Waals surface area contributed by atoms with Crippen LogP contribution in [0.15, 0.2) is 17.0 Å². The van der Waals surface area contributed by atoms with Crippen LogP contribution in [0.3, 0.4) is 0 Å². The summed E-state index contributed by atoms with van der Waals surface area (Å²) in [6.45, 7) is 1.85. The minimum absolute atomic E-state index is 0.0187. The molecule has 1 saturated heterocycles. The van der Waals surface area contributed by atoms with E-state index in [1.807, 2.05) is 0 Å². The first kappa shape index (κ1) is 15.9. The highest BCUT2D eigenvalue weighted by molar-refractivity contribution is 7.89. The molecule has 1 aromatic rings. The van der Waals surface area contributed by atoms with E-state index in [4.69, 9.17) is 10.8 Å². The van der Waals surface area contributed by atoms with Crippen LogP contribution in [0.4, 0.5) is 4.39 Å². The van der Waals surface area contributed by atoms with Gasteiger partial charge in [-0.05, 0) is 37.5 Å². The van der Waals surface area contributed by atoms with Gasteiger partial charge in [-0.25, -0.2) is 17.6 Å². The van der Waals surface area contributed by atoms with E-state index in [-0.39, 0.29) is 23.0 Å². The summed E-state index contributed by atoms with van der Waals surface area (Å²) in [5.74, 6) is -2.42. The van der Waals surface area contributed by atoms with Gasteiger partial charge in [0.2, 0.25) is 10.0 Å². The monoisotopic (exact) mass is 316 g/mol. The van der Waals surface area contributed by atoms with Gasteiger partial charge in [-0.15, -0.1) is 0 Å². The van der Waals surface area contributed by atoms with Crippen molar-refractivity contribution in [2.45, 2.75) is 30.7 Å². The summed E-state index contributed by atoms with van der Waals surface area (Å²) in [7, 11) is -3.87. The van der Waals surface area contributed by atoms with Crippen molar-refractivity contribution in [2.75, 3.05) is 13.1 Å². The zero-order valence-corrected chi connectivity index (χ0v) is 12.4. The van der Waals surface area contributed by atoms with Crippen LogP contribution in [0.25, 0.3) is 0 Å². The first-order valence-corrected chi connectivity index (χ1v) is 7.96. The molecule has 1 aromatic carbocycles. The molecular formula is C13H17FN2O4S. The molecule has 0 spiro atoms. The van der Waals surface area contributed by atoms with Gasteiger partial charge in [0.15, 0.2) is 0 Å². The molecule has 6 nitrogen and oxygen atoms in total. The van der Waals surface area contributed by atoms with Gasteiger partial charge in [0, 0.05) is 19.1 Å². The third-order valence-corrected chi connectivity index (χ3v) is 5.36. The largest absolute Gasteiger partial charge is 0.478 e. The molecule has 3 N–H and O–H groups in total. The molecule has 1 heterocycles. The van der Waals surface area contributed by atoms with Crippen LogP contribution in [-0.2, 0) is 10.0 Å². The van der Waals surface area contributed by atoms with Crippen LogP contribution >= 0.6 is 0 Å². The number of nitrogens with zero attached hydrogens (tertiary/aromatic N) is 1. The van der Waals surface area contributed by atoms with Crippen molar-refractivity contribution in [1.82, 2.24) is 4.31 Å². The molecule has 0 saturated carbocycles. The second kappa shape index (κ2) is 5.70. The van der Waals surface area contributed by atoms with Gasteiger partial charge in [0.25, 0.3) is 0 Å². The van der Waals surface area contributed by atoms with Crippen molar-refractivity contribution in [1.29, 1.82) is 0 Å². The fraction of sp³-hybridized carbons (Fsp3) is 0.462. The highest BCUT2D eigenvalue weighted by atomic mass is 32.2. The molecule has 0 bridgehead atoms. The molecule has 8 heteroatoms. The maximum atomic E-state index is 13.7. The number of hydrogen-bond donors (Lipinski definition) is 2. The smallest absolute Gasteiger partial charge is 0.338 e. The van der Waals surface area contributed by atoms with Crippen LogP contribution in [0, 0.1) is 12.7 Å². The third kappa shape index (κ3) is 3.07. The summed E-state index contributed by atoms with van der Waals surface area (Å²) in [6.07, 6.45) is 1.39. The van der Waals surface area contributed by atoms with Crippen LogP contribution in [0.1, 0.15) is 28.8 Å². The minimum Gasteiger partial charge on any atom is -0.478 e. The Bertz CT molecular complexity index is 675. The highest BCUT2D eigenvalue weighted by Crippen LogP contribution is 2.24. The lowest BCUT2D eigenvalue weighted by molar-refractivity contribution is 0.0691. The fourth-order valence-corrected chi connectivity index (χ4v) is 4.03. The van der Waals surface area contributed by atoms with Gasteiger partial charge in [-0.2, -0.15) is 4.31 Å². The molecule has 0 radical (unpaired) electrons. The predicted octanol–water partition coefficient (Wildman–Crippen LogP) is 0.944. The number of aryl methyl sites for hydroxylation is 1. The average Bonchev–Trinajstić information content (AvgIpc) is 2.41. The molecule has 1 aliphatic rings. The Morgan fingerprint density at radius 1 is 1.48 bits per heavy atom. The maximum absolute atomic E-state index is 13.7. The molecule has 0 amide bonds. The molecule has 1 atom stereocenters. The van der Waals surface area contributed by atoms with Gasteiger partial charge < -0.3 is 10.8 Å². The van der Waals surface area contributed by atoms with Crippen LogP contribution in [-0.4, -0.2) is 42.9 Å². The molecule has 116 valence electrons. The topological polar surface area (TPSA) is 101 Å². The predicted molar refractivity (Wildman–Crippen MR) is 74.1 cm³/mol. The number of hydrogen-bond acceptors (Lipinski definition) is 4. The van der Waals surface area contributed by atoms with Gasteiger partial charge in [0.1, 0.15) is 5.82 Å². The molecule has 1 aliphatic heterocycles. The van der Waals surface area contributed by atoms with Crippen molar-refractivity contribution >= 4 is 16.0 Å². The van der Waals surface area contributed by atoms with Gasteiger partial charge in [-0.1, -0.05) is 0 Å². The minimum atomic E-state index is -3.87. The first-order chi connectivity index (χ1) is 9.73. The average molecular weight is 316 g/mol.